The molecule has 0 fully saturated rings. The largest absolute Gasteiger partial charge is 0.493 e. The number of carbonyl (C=O) groups excluding carboxylic acids is 1. The molecule has 0 bridgehead atoms. The van der Waals surface area contributed by atoms with Gasteiger partial charge in [0.25, 0.3) is 5.69 Å². The first-order valence-corrected chi connectivity index (χ1v) is 13.2. The molecule has 0 spiro atoms. The van der Waals surface area contributed by atoms with Crippen LogP contribution in [0.1, 0.15) is 17.5 Å². The number of ether oxygens (including phenoxy) is 2. The van der Waals surface area contributed by atoms with E-state index in [0.29, 0.717) is 55.9 Å². The van der Waals surface area contributed by atoms with Gasteiger partial charge in [-0.2, -0.15) is 5.26 Å². The number of nitriles is 1. The quantitative estimate of drug-likeness (QED) is 0.131. The van der Waals surface area contributed by atoms with E-state index in [1.165, 1.54) is 23.9 Å². The van der Waals surface area contributed by atoms with Crippen LogP contribution in [0.5, 0.6) is 11.5 Å². The lowest BCUT2D eigenvalue weighted by atomic mass is 9.98. The summed E-state index contributed by atoms with van der Waals surface area (Å²) < 4.78 is 11.1. The molecule has 4 aromatic rings. The number of methoxy groups -OCH3 is 2. The van der Waals surface area contributed by atoms with Gasteiger partial charge in [0, 0.05) is 41.0 Å². The number of hydrogen-bond acceptors (Lipinski definition) is 8. The Bertz CT molecular complexity index is 1600. The monoisotopic (exact) mass is 554 g/mol. The first kappa shape index (κ1) is 28.1. The van der Waals surface area contributed by atoms with Gasteiger partial charge in [-0.25, -0.2) is 4.98 Å². The first-order valence-electron chi connectivity index (χ1n) is 12.3. The molecule has 0 unspecified atom stereocenters. The van der Waals surface area contributed by atoms with Crippen LogP contribution in [0.15, 0.2) is 77.8 Å². The number of pyridine rings is 1. The molecule has 0 saturated heterocycles. The third-order valence-corrected chi connectivity index (χ3v) is 7.11. The van der Waals surface area contributed by atoms with Gasteiger partial charge in [0.05, 0.1) is 36.1 Å². The Hall–Kier alpha value is -4.88. The van der Waals surface area contributed by atoms with Gasteiger partial charge in [0.15, 0.2) is 11.5 Å². The van der Waals surface area contributed by atoms with E-state index in [1.54, 1.807) is 33.3 Å². The van der Waals surface area contributed by atoms with Crippen LogP contribution in [0.4, 0.5) is 11.4 Å². The molecular weight excluding hydrogens is 528 g/mol. The number of aryl methyl sites for hydroxylation is 1. The zero-order chi connectivity index (χ0) is 28.6. The highest BCUT2D eigenvalue weighted by molar-refractivity contribution is 7.99. The Balaban J connectivity index is 1.65. The van der Waals surface area contributed by atoms with Gasteiger partial charge in [-0.15, -0.1) is 11.8 Å². The molecule has 0 aliphatic carbocycles. The first-order chi connectivity index (χ1) is 19.4. The lowest BCUT2D eigenvalue weighted by Crippen LogP contribution is -2.13. The average molecular weight is 555 g/mol. The van der Waals surface area contributed by atoms with E-state index in [0.717, 1.165) is 5.56 Å². The number of thioether (sulfide) groups is 1. The highest BCUT2D eigenvalue weighted by Crippen LogP contribution is 2.42. The lowest BCUT2D eigenvalue weighted by molar-refractivity contribution is -0.384. The third kappa shape index (κ3) is 6.22. The number of anilines is 1. The highest BCUT2D eigenvalue weighted by Gasteiger charge is 2.21. The molecule has 1 N–H and O–H groups in total. The SMILES string of the molecule is COc1cccc(-c2cc(-c3ccccc3)nc(SCCC(=O)Nc3cc([N+](=O)[O-])ccc3C)c2C#N)c1OC. The van der Waals surface area contributed by atoms with Crippen LogP contribution in [0.3, 0.4) is 0 Å². The summed E-state index contributed by atoms with van der Waals surface area (Å²) >= 11 is 1.29. The molecule has 202 valence electrons. The van der Waals surface area contributed by atoms with E-state index in [4.69, 9.17) is 14.5 Å². The summed E-state index contributed by atoms with van der Waals surface area (Å²) in [5, 5.41) is 24.5. The predicted molar refractivity (Wildman–Crippen MR) is 155 cm³/mol. The number of amides is 1. The van der Waals surface area contributed by atoms with Gasteiger partial charge in [0.2, 0.25) is 5.91 Å². The van der Waals surface area contributed by atoms with Crippen LogP contribution in [0, 0.1) is 28.4 Å². The van der Waals surface area contributed by atoms with Gasteiger partial charge in [0.1, 0.15) is 11.1 Å². The van der Waals surface area contributed by atoms with Crippen LogP contribution < -0.4 is 14.8 Å². The molecule has 10 heteroatoms. The maximum Gasteiger partial charge on any atom is 0.271 e. The zero-order valence-electron chi connectivity index (χ0n) is 22.1. The van der Waals surface area contributed by atoms with Crippen molar-refractivity contribution in [3.8, 4) is 40.0 Å². The number of nitrogens with zero attached hydrogens (tertiary/aromatic N) is 3. The van der Waals surface area contributed by atoms with Crippen molar-refractivity contribution in [3.63, 3.8) is 0 Å². The number of rotatable bonds is 10. The van der Waals surface area contributed by atoms with Crippen molar-refractivity contribution in [2.24, 2.45) is 0 Å². The predicted octanol–water partition coefficient (Wildman–Crippen LogP) is 6.64. The number of nitrogens with one attached hydrogen (secondary N) is 1. The molecule has 40 heavy (non-hydrogen) atoms. The molecule has 9 nitrogen and oxygen atoms in total. The highest BCUT2D eigenvalue weighted by atomic mass is 32.2. The maximum absolute atomic E-state index is 12.7. The molecule has 0 radical (unpaired) electrons. The summed E-state index contributed by atoms with van der Waals surface area (Å²) in [6.07, 6.45) is 0.104. The van der Waals surface area contributed by atoms with Crippen LogP contribution >= 0.6 is 11.8 Å². The number of aromatic nitrogens is 1. The molecule has 0 aliphatic rings. The fraction of sp³-hybridized carbons (Fsp3) is 0.167. The number of hydrogen-bond donors (Lipinski definition) is 1. The third-order valence-electron chi connectivity index (χ3n) is 6.13. The lowest BCUT2D eigenvalue weighted by Gasteiger charge is -2.16. The number of nitro groups is 1. The standard InChI is InChI=1S/C30H26N4O5S/c1-19-12-13-21(34(36)37)16-25(19)32-28(35)14-15-40-30-24(18-31)23(17-26(33-30)20-8-5-4-6-9-20)22-10-7-11-27(38-2)29(22)39-3/h4-13,16-17H,14-15H2,1-3H3,(H,32,35). The van der Waals surface area contributed by atoms with Crippen molar-refractivity contribution in [3.05, 3.63) is 94.0 Å². The van der Waals surface area contributed by atoms with Gasteiger partial charge in [-0.05, 0) is 24.6 Å². The molecule has 0 atom stereocenters. The van der Waals surface area contributed by atoms with Crippen molar-refractivity contribution in [1.29, 1.82) is 5.26 Å². The summed E-state index contributed by atoms with van der Waals surface area (Å²) in [6, 6.07) is 23.5. The van der Waals surface area contributed by atoms with E-state index in [-0.39, 0.29) is 18.0 Å². The van der Waals surface area contributed by atoms with Crippen LogP contribution in [-0.2, 0) is 4.79 Å². The second-order valence-electron chi connectivity index (χ2n) is 8.66. The van der Waals surface area contributed by atoms with Crippen LogP contribution in [0.25, 0.3) is 22.4 Å². The Morgan fingerprint density at radius 1 is 1.05 bits per heavy atom. The summed E-state index contributed by atoms with van der Waals surface area (Å²) in [5.74, 6) is 1.05. The smallest absolute Gasteiger partial charge is 0.271 e. The second kappa shape index (κ2) is 12.8. The Morgan fingerprint density at radius 3 is 2.50 bits per heavy atom. The van der Waals surface area contributed by atoms with Gasteiger partial charge >= 0.3 is 0 Å². The second-order valence-corrected chi connectivity index (χ2v) is 9.74. The topological polar surface area (TPSA) is 127 Å². The molecule has 1 heterocycles. The van der Waals surface area contributed by atoms with E-state index >= 15 is 0 Å². The minimum absolute atomic E-state index is 0.101. The number of non-ortho nitro benzene ring substituents is 1. The van der Waals surface area contributed by atoms with Gasteiger partial charge < -0.3 is 14.8 Å². The van der Waals surface area contributed by atoms with Crippen LogP contribution in [0.2, 0.25) is 0 Å². The minimum Gasteiger partial charge on any atom is -0.493 e. The van der Waals surface area contributed by atoms with Crippen molar-refractivity contribution in [2.75, 3.05) is 25.3 Å². The summed E-state index contributed by atoms with van der Waals surface area (Å²) in [5.41, 5.74) is 4.20. The molecule has 1 amide bonds. The summed E-state index contributed by atoms with van der Waals surface area (Å²) in [4.78, 5) is 28.1. The van der Waals surface area contributed by atoms with Crippen molar-refractivity contribution < 1.29 is 19.2 Å². The Kier molecular flexibility index (Phi) is 8.99. The Labute approximate surface area is 235 Å². The molecule has 4 rings (SSSR count). The van der Waals surface area contributed by atoms with Crippen molar-refractivity contribution >= 4 is 29.0 Å². The number of nitro benzene ring substituents is 1. The normalized spacial score (nSPS) is 10.4. The molecule has 0 saturated carbocycles. The van der Waals surface area contributed by atoms with Gasteiger partial charge in [-0.3, -0.25) is 14.9 Å². The molecule has 1 aromatic heterocycles. The average Bonchev–Trinajstić information content (AvgIpc) is 2.97. The van der Waals surface area contributed by atoms with Crippen molar-refractivity contribution in [2.45, 2.75) is 18.4 Å². The van der Waals surface area contributed by atoms with Crippen LogP contribution in [-0.4, -0.2) is 35.8 Å². The maximum atomic E-state index is 12.7. The minimum atomic E-state index is -0.505. The van der Waals surface area contributed by atoms with E-state index < -0.39 is 4.92 Å². The fourth-order valence-electron chi connectivity index (χ4n) is 4.11. The Morgan fingerprint density at radius 2 is 1.82 bits per heavy atom. The number of para-hydroxylation sites is 1. The number of benzene rings is 3. The molecular formula is C30H26N4O5S. The molecule has 0 aliphatic heterocycles. The van der Waals surface area contributed by atoms with Crippen molar-refractivity contribution in [1.82, 2.24) is 4.98 Å². The molecule has 3 aromatic carbocycles. The van der Waals surface area contributed by atoms with E-state index in [9.17, 15) is 20.2 Å². The van der Waals surface area contributed by atoms with E-state index in [2.05, 4.69) is 11.4 Å². The zero-order valence-corrected chi connectivity index (χ0v) is 23.0. The summed E-state index contributed by atoms with van der Waals surface area (Å²) in [7, 11) is 3.10. The van der Waals surface area contributed by atoms with E-state index in [1.807, 2.05) is 48.5 Å². The number of carbonyl (C=O) groups is 1. The summed E-state index contributed by atoms with van der Waals surface area (Å²) in [6.45, 7) is 1.76. The fourth-order valence-corrected chi connectivity index (χ4v) is 5.06. The van der Waals surface area contributed by atoms with Gasteiger partial charge in [-0.1, -0.05) is 48.5 Å².